The highest BCUT2D eigenvalue weighted by Gasteiger charge is 1.52. The van der Waals surface area contributed by atoms with Crippen LogP contribution in [0.5, 0.6) is 0 Å². The molecular weight excluding hydrogens is 151 g/mol. The minimum Gasteiger partial charge on any atom is -0.113 e. The molecule has 0 radical (unpaired) electrons. The van der Waals surface area contributed by atoms with Crippen LogP contribution < -0.4 is 0 Å². The molecule has 0 fully saturated rings. The third kappa shape index (κ3) is 4.33. The lowest BCUT2D eigenvalue weighted by atomic mass is 10.8. The molecule has 0 unspecified atom stereocenters. The van der Waals surface area contributed by atoms with E-state index in [-0.39, 0.29) is 0 Å². The van der Waals surface area contributed by atoms with E-state index in [2.05, 4.69) is 26.7 Å². The smallest absolute Gasteiger partial charge is 0.0844 e. The van der Waals surface area contributed by atoms with E-state index in [1.54, 1.807) is 0 Å². The van der Waals surface area contributed by atoms with Gasteiger partial charge >= 0.3 is 0 Å². The fourth-order valence-electron chi connectivity index (χ4n) is 0.0253. The Kier molecular flexibility index (Phi) is 4.62. The van der Waals surface area contributed by atoms with Crippen molar-refractivity contribution < 1.29 is 0 Å². The Balaban J connectivity index is 2.81. The van der Waals surface area contributed by atoms with E-state index < -0.39 is 0 Å². The molecular formula is C3H2BrCl. The predicted octanol–water partition coefficient (Wildman–Crippen LogP) is 1.58. The maximum Gasteiger partial charge on any atom is 0.0844 e. The number of hydrogen-bond donors (Lipinski definition) is 0. The first-order valence-corrected chi connectivity index (χ1v) is 2.39. The molecule has 0 spiro atoms. The third-order valence-electron chi connectivity index (χ3n) is 0.134. The van der Waals surface area contributed by atoms with Crippen molar-refractivity contribution in [2.75, 3.05) is 5.88 Å². The molecule has 28 valence electrons. The molecule has 0 atom stereocenters. The first-order valence-electron chi connectivity index (χ1n) is 1.06. The van der Waals surface area contributed by atoms with Gasteiger partial charge < -0.3 is 0 Å². The maximum atomic E-state index is 5.10. The van der Waals surface area contributed by atoms with Gasteiger partial charge in [-0.1, -0.05) is 5.92 Å². The average molecular weight is 153 g/mol. The second-order valence-electron chi connectivity index (χ2n) is 0.405. The van der Waals surface area contributed by atoms with Gasteiger partial charge in [0.1, 0.15) is 0 Å². The van der Waals surface area contributed by atoms with Crippen molar-refractivity contribution >= 4 is 27.5 Å². The van der Waals surface area contributed by atoms with E-state index in [0.717, 1.165) is 0 Å². The largest absolute Gasteiger partial charge is 0.113 e. The van der Waals surface area contributed by atoms with Crippen molar-refractivity contribution in [3.63, 3.8) is 0 Å². The third-order valence-corrected chi connectivity index (χ3v) is 0.548. The van der Waals surface area contributed by atoms with E-state index in [4.69, 9.17) is 11.6 Å². The SMILES string of the molecule is ClCC#CBr. The molecule has 0 bridgehead atoms. The van der Waals surface area contributed by atoms with Gasteiger partial charge in [-0.3, -0.25) is 0 Å². The normalized spacial score (nSPS) is 5.20. The first kappa shape index (κ1) is 5.33. The van der Waals surface area contributed by atoms with Crippen molar-refractivity contribution in [2.24, 2.45) is 0 Å². The molecule has 0 aliphatic heterocycles. The highest BCUT2D eigenvalue weighted by atomic mass is 79.9. The molecule has 0 amide bonds. The summed E-state index contributed by atoms with van der Waals surface area (Å²) in [6.45, 7) is 0. The Morgan fingerprint density at radius 1 is 1.80 bits per heavy atom. The molecule has 0 saturated carbocycles. The molecule has 0 aliphatic carbocycles. The molecule has 2 heteroatoms. The lowest BCUT2D eigenvalue weighted by Crippen LogP contribution is -1.50. The van der Waals surface area contributed by atoms with Crippen LogP contribution in [0.15, 0.2) is 0 Å². The average Bonchev–Trinajstić information content (AvgIpc) is 1.41. The molecule has 0 aromatic heterocycles. The van der Waals surface area contributed by atoms with Gasteiger partial charge in [-0.25, -0.2) is 0 Å². The van der Waals surface area contributed by atoms with Crippen LogP contribution in [0.2, 0.25) is 0 Å². The van der Waals surface area contributed by atoms with Crippen LogP contribution in [0.3, 0.4) is 0 Å². The second-order valence-corrected chi connectivity index (χ2v) is 1.07. The van der Waals surface area contributed by atoms with Gasteiger partial charge in [0.25, 0.3) is 0 Å². The van der Waals surface area contributed by atoms with Gasteiger partial charge in [-0.2, -0.15) is 0 Å². The molecule has 0 aromatic carbocycles. The van der Waals surface area contributed by atoms with Gasteiger partial charge in [-0.05, 0) is 4.83 Å². The summed E-state index contributed by atoms with van der Waals surface area (Å²) in [5, 5.41) is 0. The van der Waals surface area contributed by atoms with Gasteiger partial charge in [0.2, 0.25) is 0 Å². The minimum absolute atomic E-state index is 0.408. The standard InChI is InChI=1S/C3H2BrCl/c4-2-1-3-5/h3H2. The van der Waals surface area contributed by atoms with E-state index >= 15 is 0 Å². The summed E-state index contributed by atoms with van der Waals surface area (Å²) in [4.78, 5) is 2.45. The summed E-state index contributed by atoms with van der Waals surface area (Å²) in [6.07, 6.45) is 0. The monoisotopic (exact) mass is 152 g/mol. The lowest BCUT2D eigenvalue weighted by Gasteiger charge is -1.54. The van der Waals surface area contributed by atoms with Gasteiger partial charge in [0, 0.05) is 15.9 Å². The summed E-state index contributed by atoms with van der Waals surface area (Å²) >= 11 is 7.96. The zero-order valence-corrected chi connectivity index (χ0v) is 4.80. The van der Waals surface area contributed by atoms with E-state index in [0.29, 0.717) is 5.88 Å². The van der Waals surface area contributed by atoms with E-state index in [1.807, 2.05) is 0 Å². The molecule has 0 saturated heterocycles. The van der Waals surface area contributed by atoms with Crippen LogP contribution in [0.1, 0.15) is 0 Å². The van der Waals surface area contributed by atoms with Crippen LogP contribution in [0.4, 0.5) is 0 Å². The Labute approximate surface area is 44.6 Å². The molecule has 0 heterocycles. The number of halogens is 2. The quantitative estimate of drug-likeness (QED) is 0.366. The van der Waals surface area contributed by atoms with E-state index in [9.17, 15) is 0 Å². The van der Waals surface area contributed by atoms with Crippen LogP contribution in [0, 0.1) is 10.8 Å². The Morgan fingerprint density at radius 3 is 2.40 bits per heavy atom. The lowest BCUT2D eigenvalue weighted by molar-refractivity contribution is 1.93. The van der Waals surface area contributed by atoms with Crippen molar-refractivity contribution in [1.29, 1.82) is 0 Å². The zero-order chi connectivity index (χ0) is 4.12. The van der Waals surface area contributed by atoms with Crippen molar-refractivity contribution in [2.45, 2.75) is 0 Å². The molecule has 5 heavy (non-hydrogen) atoms. The summed E-state index contributed by atoms with van der Waals surface area (Å²) in [5.41, 5.74) is 0. The fourth-order valence-corrected chi connectivity index (χ4v) is 0.394. The molecule has 0 N–H and O–H groups in total. The van der Waals surface area contributed by atoms with Crippen LogP contribution in [0.25, 0.3) is 0 Å². The number of rotatable bonds is 0. The van der Waals surface area contributed by atoms with Crippen LogP contribution in [-0.4, -0.2) is 5.88 Å². The van der Waals surface area contributed by atoms with Crippen molar-refractivity contribution in [3.05, 3.63) is 0 Å². The maximum absolute atomic E-state index is 5.10. The summed E-state index contributed by atoms with van der Waals surface area (Å²) in [6, 6.07) is 0. The molecule has 0 aliphatic rings. The Morgan fingerprint density at radius 2 is 2.40 bits per heavy atom. The predicted molar refractivity (Wildman–Crippen MR) is 27.4 cm³/mol. The first-order chi connectivity index (χ1) is 2.41. The summed E-state index contributed by atoms with van der Waals surface area (Å²) in [7, 11) is 0. The van der Waals surface area contributed by atoms with Gasteiger partial charge in [0.15, 0.2) is 0 Å². The number of hydrogen-bond acceptors (Lipinski definition) is 0. The van der Waals surface area contributed by atoms with Crippen LogP contribution >= 0.6 is 27.5 Å². The molecule has 0 rings (SSSR count). The minimum atomic E-state index is 0.408. The summed E-state index contributed by atoms with van der Waals surface area (Å²) in [5.74, 6) is 2.95. The van der Waals surface area contributed by atoms with Crippen LogP contribution in [-0.2, 0) is 0 Å². The topological polar surface area (TPSA) is 0 Å². The highest BCUT2D eigenvalue weighted by molar-refractivity contribution is 9.12. The Bertz CT molecular complexity index is 59.0. The van der Waals surface area contributed by atoms with Crippen molar-refractivity contribution in [3.8, 4) is 10.8 Å². The van der Waals surface area contributed by atoms with Crippen molar-refractivity contribution in [1.82, 2.24) is 0 Å². The van der Waals surface area contributed by atoms with Gasteiger partial charge in [-0.15, -0.1) is 11.6 Å². The molecule has 0 aromatic rings. The summed E-state index contributed by atoms with van der Waals surface area (Å²) < 4.78 is 0. The Hall–Kier alpha value is 0.330. The van der Waals surface area contributed by atoms with Gasteiger partial charge in [0.05, 0.1) is 5.88 Å². The zero-order valence-electron chi connectivity index (χ0n) is 2.46. The van der Waals surface area contributed by atoms with E-state index in [1.165, 1.54) is 0 Å². The number of alkyl halides is 1. The molecule has 0 nitrogen and oxygen atoms in total. The second kappa shape index (κ2) is 4.33. The fraction of sp³-hybridized carbons (Fsp3) is 0.333. The highest BCUT2D eigenvalue weighted by Crippen LogP contribution is 1.71.